The van der Waals surface area contributed by atoms with Crippen LogP contribution in [0.15, 0.2) is 34.3 Å². The molecule has 0 bridgehead atoms. The summed E-state index contributed by atoms with van der Waals surface area (Å²) in [6.45, 7) is 7.58. The van der Waals surface area contributed by atoms with Crippen molar-refractivity contribution in [3.05, 3.63) is 39.9 Å². The molecule has 5 heteroatoms. The second-order valence-corrected chi connectivity index (χ2v) is 7.70. The SMILES string of the molecule is CCOC(=O)c1ccc(N2CCN(CC3=C(Br)CCCC3)CC2)cc1. The highest BCUT2D eigenvalue weighted by Crippen LogP contribution is 2.29. The lowest BCUT2D eigenvalue weighted by Crippen LogP contribution is -2.47. The van der Waals surface area contributed by atoms with Crippen molar-refractivity contribution in [2.75, 3.05) is 44.2 Å². The van der Waals surface area contributed by atoms with E-state index < -0.39 is 0 Å². The summed E-state index contributed by atoms with van der Waals surface area (Å²) in [5.74, 6) is -0.245. The van der Waals surface area contributed by atoms with E-state index in [-0.39, 0.29) is 5.97 Å². The molecule has 0 N–H and O–H groups in total. The second-order valence-electron chi connectivity index (χ2n) is 6.75. The molecule has 1 aliphatic carbocycles. The number of carbonyl (C=O) groups excluding carboxylic acids is 1. The Bertz CT molecular complexity index is 619. The molecule has 3 rings (SSSR count). The maximum absolute atomic E-state index is 11.7. The topological polar surface area (TPSA) is 32.8 Å². The van der Waals surface area contributed by atoms with Crippen molar-refractivity contribution < 1.29 is 9.53 Å². The number of nitrogens with zero attached hydrogens (tertiary/aromatic N) is 2. The normalized spacial score (nSPS) is 19.2. The molecule has 0 atom stereocenters. The minimum absolute atomic E-state index is 0.245. The molecular formula is C20H27BrN2O2. The van der Waals surface area contributed by atoms with Crippen LogP contribution in [0.25, 0.3) is 0 Å². The van der Waals surface area contributed by atoms with Gasteiger partial charge in [0.2, 0.25) is 0 Å². The van der Waals surface area contributed by atoms with E-state index in [0.29, 0.717) is 12.2 Å². The molecule has 1 saturated heterocycles. The van der Waals surface area contributed by atoms with Crippen molar-refractivity contribution in [2.45, 2.75) is 32.6 Å². The quantitative estimate of drug-likeness (QED) is 0.685. The van der Waals surface area contributed by atoms with Gasteiger partial charge in [0.05, 0.1) is 12.2 Å². The molecule has 2 aliphatic rings. The van der Waals surface area contributed by atoms with Gasteiger partial charge in [-0.3, -0.25) is 4.90 Å². The summed E-state index contributed by atoms with van der Waals surface area (Å²) in [5.41, 5.74) is 3.41. The van der Waals surface area contributed by atoms with Crippen molar-refractivity contribution in [2.24, 2.45) is 0 Å². The number of carbonyl (C=O) groups is 1. The van der Waals surface area contributed by atoms with Gasteiger partial charge in [0, 0.05) is 38.4 Å². The Hall–Kier alpha value is -1.33. The van der Waals surface area contributed by atoms with E-state index in [2.05, 4.69) is 25.7 Å². The molecule has 25 heavy (non-hydrogen) atoms. The van der Waals surface area contributed by atoms with Gasteiger partial charge in [0.25, 0.3) is 0 Å². The molecule has 1 heterocycles. The number of benzene rings is 1. The fourth-order valence-electron chi connectivity index (χ4n) is 3.55. The highest BCUT2D eigenvalue weighted by molar-refractivity contribution is 9.11. The highest BCUT2D eigenvalue weighted by Gasteiger charge is 2.20. The van der Waals surface area contributed by atoms with Gasteiger partial charge in [-0.1, -0.05) is 15.9 Å². The van der Waals surface area contributed by atoms with Gasteiger partial charge in [-0.2, -0.15) is 0 Å². The van der Waals surface area contributed by atoms with Crippen LogP contribution in [0.2, 0.25) is 0 Å². The number of esters is 1. The third kappa shape index (κ3) is 4.85. The van der Waals surface area contributed by atoms with Crippen LogP contribution in [0.4, 0.5) is 5.69 Å². The van der Waals surface area contributed by atoms with E-state index in [4.69, 9.17) is 4.74 Å². The monoisotopic (exact) mass is 406 g/mol. The van der Waals surface area contributed by atoms with Crippen LogP contribution in [0, 0.1) is 0 Å². The van der Waals surface area contributed by atoms with Crippen LogP contribution < -0.4 is 4.90 Å². The predicted molar refractivity (Wildman–Crippen MR) is 105 cm³/mol. The van der Waals surface area contributed by atoms with E-state index in [1.165, 1.54) is 35.9 Å². The van der Waals surface area contributed by atoms with E-state index in [1.54, 1.807) is 5.57 Å². The number of halogens is 1. The number of piperazine rings is 1. The smallest absolute Gasteiger partial charge is 0.338 e. The fourth-order valence-corrected chi connectivity index (χ4v) is 4.16. The van der Waals surface area contributed by atoms with Gasteiger partial charge >= 0.3 is 5.97 Å². The van der Waals surface area contributed by atoms with E-state index >= 15 is 0 Å². The zero-order chi connectivity index (χ0) is 17.6. The van der Waals surface area contributed by atoms with Gasteiger partial charge < -0.3 is 9.64 Å². The summed E-state index contributed by atoms with van der Waals surface area (Å²) in [7, 11) is 0. The average molecular weight is 407 g/mol. The number of hydrogen-bond acceptors (Lipinski definition) is 4. The molecule has 0 aromatic heterocycles. The summed E-state index contributed by atoms with van der Waals surface area (Å²) < 4.78 is 6.48. The average Bonchev–Trinajstić information content (AvgIpc) is 2.65. The maximum Gasteiger partial charge on any atom is 0.338 e. The largest absolute Gasteiger partial charge is 0.462 e. The first-order valence-electron chi connectivity index (χ1n) is 9.28. The molecule has 1 fully saturated rings. The molecule has 1 aliphatic heterocycles. The summed E-state index contributed by atoms with van der Waals surface area (Å²) in [6, 6.07) is 7.79. The molecule has 1 aromatic carbocycles. The molecule has 0 radical (unpaired) electrons. The number of rotatable bonds is 5. The van der Waals surface area contributed by atoms with Crippen molar-refractivity contribution in [1.82, 2.24) is 4.90 Å². The first-order valence-corrected chi connectivity index (χ1v) is 10.1. The number of hydrogen-bond donors (Lipinski definition) is 0. The van der Waals surface area contributed by atoms with Crippen molar-refractivity contribution in [3.63, 3.8) is 0 Å². The Balaban J connectivity index is 1.53. The lowest BCUT2D eigenvalue weighted by Gasteiger charge is -2.37. The summed E-state index contributed by atoms with van der Waals surface area (Å²) in [4.78, 5) is 16.7. The predicted octanol–water partition coefficient (Wildman–Crippen LogP) is 4.21. The lowest BCUT2D eigenvalue weighted by atomic mass is 9.99. The van der Waals surface area contributed by atoms with Crippen molar-refractivity contribution >= 4 is 27.6 Å². The molecule has 1 aromatic rings. The Morgan fingerprint density at radius 3 is 2.40 bits per heavy atom. The van der Waals surface area contributed by atoms with E-state index in [9.17, 15) is 4.79 Å². The zero-order valence-corrected chi connectivity index (χ0v) is 16.6. The Labute approximate surface area is 159 Å². The zero-order valence-electron chi connectivity index (χ0n) is 15.0. The van der Waals surface area contributed by atoms with Crippen LogP contribution in [0.5, 0.6) is 0 Å². The van der Waals surface area contributed by atoms with Crippen LogP contribution in [-0.4, -0.2) is 50.2 Å². The molecule has 4 nitrogen and oxygen atoms in total. The minimum atomic E-state index is -0.245. The molecule has 136 valence electrons. The summed E-state index contributed by atoms with van der Waals surface area (Å²) in [5, 5.41) is 0. The maximum atomic E-state index is 11.7. The van der Waals surface area contributed by atoms with Crippen LogP contribution >= 0.6 is 15.9 Å². The molecule has 0 spiro atoms. The van der Waals surface area contributed by atoms with Crippen molar-refractivity contribution in [1.29, 1.82) is 0 Å². The standard InChI is InChI=1S/C20H27BrN2O2/c1-2-25-20(24)16-7-9-18(10-8-16)23-13-11-22(12-14-23)15-17-5-3-4-6-19(17)21/h7-10H,2-6,11-15H2,1H3. The van der Waals surface area contributed by atoms with Gasteiger partial charge in [-0.25, -0.2) is 4.79 Å². The van der Waals surface area contributed by atoms with Gasteiger partial charge in [-0.15, -0.1) is 0 Å². The van der Waals surface area contributed by atoms with E-state index in [0.717, 1.165) is 32.7 Å². The van der Waals surface area contributed by atoms with E-state index in [1.807, 2.05) is 31.2 Å². The number of ether oxygens (including phenoxy) is 1. The fraction of sp³-hybridized carbons (Fsp3) is 0.550. The number of allylic oxidation sites excluding steroid dienone is 1. The van der Waals surface area contributed by atoms with Crippen molar-refractivity contribution in [3.8, 4) is 0 Å². The first kappa shape index (κ1) is 18.5. The molecule has 0 amide bonds. The molecular weight excluding hydrogens is 380 g/mol. The minimum Gasteiger partial charge on any atom is -0.462 e. The summed E-state index contributed by atoms with van der Waals surface area (Å²) in [6.07, 6.45) is 5.11. The highest BCUT2D eigenvalue weighted by atomic mass is 79.9. The Kier molecular flexibility index (Phi) is 6.54. The Morgan fingerprint density at radius 1 is 1.08 bits per heavy atom. The third-order valence-electron chi connectivity index (χ3n) is 5.04. The molecule has 0 unspecified atom stereocenters. The van der Waals surface area contributed by atoms with Crippen LogP contribution in [0.1, 0.15) is 43.0 Å². The third-order valence-corrected chi connectivity index (χ3v) is 6.00. The van der Waals surface area contributed by atoms with Crippen LogP contribution in [-0.2, 0) is 4.74 Å². The number of anilines is 1. The van der Waals surface area contributed by atoms with Gasteiger partial charge in [0.1, 0.15) is 0 Å². The van der Waals surface area contributed by atoms with Crippen LogP contribution in [0.3, 0.4) is 0 Å². The summed E-state index contributed by atoms with van der Waals surface area (Å²) >= 11 is 3.76. The second kappa shape index (κ2) is 8.86. The Morgan fingerprint density at radius 2 is 1.76 bits per heavy atom. The lowest BCUT2D eigenvalue weighted by molar-refractivity contribution is 0.0526. The van der Waals surface area contributed by atoms with Gasteiger partial charge in [0.15, 0.2) is 0 Å². The molecule has 0 saturated carbocycles. The van der Waals surface area contributed by atoms with Gasteiger partial charge in [-0.05, 0) is 66.9 Å². The first-order chi connectivity index (χ1) is 12.2.